The van der Waals surface area contributed by atoms with Gasteiger partial charge in [0.1, 0.15) is 0 Å². The quantitative estimate of drug-likeness (QED) is 0.697. The molecule has 1 unspecified atom stereocenters. The molecule has 0 amide bonds. The number of aliphatic carboxylic acids is 1. The van der Waals surface area contributed by atoms with E-state index in [1.165, 1.54) is 8.61 Å². The standard InChI is InChI=1S/C16H25N3O4S.C2HF3O2/c1-13-5-4-6-14(17-13)10-22-15-7-8-23-16(9-15)11-19(12-16)24(20,21)18(2)3;3-2(4,5)1(6)7/h4-6,15H,7-12H2,1-3H3;(H,6,7). The Morgan fingerprint density at radius 1 is 1.39 bits per heavy atom. The summed E-state index contributed by atoms with van der Waals surface area (Å²) in [7, 11) is -0.268. The van der Waals surface area contributed by atoms with Crippen LogP contribution in [0.5, 0.6) is 0 Å². The molecule has 13 heteroatoms. The van der Waals surface area contributed by atoms with Crippen molar-refractivity contribution in [2.75, 3.05) is 33.8 Å². The number of nitrogens with zero attached hydrogens (tertiary/aromatic N) is 3. The van der Waals surface area contributed by atoms with E-state index in [9.17, 15) is 21.6 Å². The summed E-state index contributed by atoms with van der Waals surface area (Å²) in [6.45, 7) is 3.83. The second-order valence-corrected chi connectivity index (χ2v) is 9.73. The molecule has 2 fully saturated rings. The van der Waals surface area contributed by atoms with Gasteiger partial charge in [-0.05, 0) is 25.5 Å². The van der Waals surface area contributed by atoms with E-state index in [2.05, 4.69) is 4.98 Å². The van der Waals surface area contributed by atoms with Crippen molar-refractivity contribution < 1.29 is 41.0 Å². The van der Waals surface area contributed by atoms with E-state index in [1.54, 1.807) is 14.1 Å². The number of carboxylic acid groups (broad SMARTS) is 1. The van der Waals surface area contributed by atoms with Crippen molar-refractivity contribution in [3.05, 3.63) is 29.6 Å². The number of pyridine rings is 1. The summed E-state index contributed by atoms with van der Waals surface area (Å²) in [5.74, 6) is -2.76. The van der Waals surface area contributed by atoms with Gasteiger partial charge in [-0.3, -0.25) is 4.98 Å². The number of hydrogen-bond donors (Lipinski definition) is 1. The van der Waals surface area contributed by atoms with Gasteiger partial charge in [-0.2, -0.15) is 30.2 Å². The van der Waals surface area contributed by atoms with Crippen LogP contribution in [0.3, 0.4) is 0 Å². The fraction of sp³-hybridized carbons (Fsp3) is 0.667. The van der Waals surface area contributed by atoms with Gasteiger partial charge in [0, 0.05) is 45.9 Å². The lowest BCUT2D eigenvalue weighted by Gasteiger charge is -2.52. The Morgan fingerprint density at radius 2 is 2.00 bits per heavy atom. The van der Waals surface area contributed by atoms with Gasteiger partial charge in [-0.15, -0.1) is 0 Å². The maximum atomic E-state index is 12.1. The van der Waals surface area contributed by atoms with Crippen molar-refractivity contribution in [1.29, 1.82) is 0 Å². The summed E-state index contributed by atoms with van der Waals surface area (Å²) in [5, 5.41) is 7.12. The number of aromatic nitrogens is 1. The molecule has 0 aromatic carbocycles. The summed E-state index contributed by atoms with van der Waals surface area (Å²) < 4.78 is 70.6. The third-order valence-electron chi connectivity index (χ3n) is 4.82. The second kappa shape index (κ2) is 9.77. The van der Waals surface area contributed by atoms with Crippen molar-refractivity contribution in [3.8, 4) is 0 Å². The first-order chi connectivity index (χ1) is 14.2. The average molecular weight is 469 g/mol. The third kappa shape index (κ3) is 6.84. The van der Waals surface area contributed by atoms with Gasteiger partial charge < -0.3 is 14.6 Å². The highest BCUT2D eigenvalue weighted by Gasteiger charge is 2.52. The molecule has 0 saturated carbocycles. The van der Waals surface area contributed by atoms with Crippen LogP contribution in [-0.4, -0.2) is 84.8 Å². The number of rotatable bonds is 5. The maximum Gasteiger partial charge on any atom is 0.490 e. The molecule has 31 heavy (non-hydrogen) atoms. The number of hydrogen-bond acceptors (Lipinski definition) is 6. The first kappa shape index (κ1) is 25.5. The third-order valence-corrected chi connectivity index (χ3v) is 6.65. The highest BCUT2D eigenvalue weighted by Crippen LogP contribution is 2.37. The molecular formula is C18H26F3N3O6S. The molecule has 0 bridgehead atoms. The molecule has 0 radical (unpaired) electrons. The smallest absolute Gasteiger partial charge is 0.475 e. The molecule has 3 rings (SSSR count). The van der Waals surface area contributed by atoms with Gasteiger partial charge >= 0.3 is 12.1 Å². The largest absolute Gasteiger partial charge is 0.490 e. The number of halogens is 3. The lowest BCUT2D eigenvalue weighted by molar-refractivity contribution is -0.192. The molecule has 0 aliphatic carbocycles. The van der Waals surface area contributed by atoms with Gasteiger partial charge in [0.05, 0.1) is 24.0 Å². The van der Waals surface area contributed by atoms with Crippen molar-refractivity contribution in [2.45, 2.75) is 44.3 Å². The predicted octanol–water partition coefficient (Wildman–Crippen LogP) is 1.58. The van der Waals surface area contributed by atoms with E-state index < -0.39 is 28.0 Å². The number of aryl methyl sites for hydroxylation is 1. The van der Waals surface area contributed by atoms with Gasteiger partial charge in [0.15, 0.2) is 0 Å². The predicted molar refractivity (Wildman–Crippen MR) is 103 cm³/mol. The highest BCUT2D eigenvalue weighted by molar-refractivity contribution is 7.86. The number of carbonyl (C=O) groups is 1. The fourth-order valence-corrected chi connectivity index (χ4v) is 4.48. The van der Waals surface area contributed by atoms with Crippen LogP contribution in [-0.2, 0) is 31.1 Å². The van der Waals surface area contributed by atoms with Crippen molar-refractivity contribution in [1.82, 2.24) is 13.6 Å². The van der Waals surface area contributed by atoms with E-state index in [-0.39, 0.29) is 6.10 Å². The first-order valence-electron chi connectivity index (χ1n) is 9.41. The zero-order valence-electron chi connectivity index (χ0n) is 17.4. The maximum absolute atomic E-state index is 12.1. The van der Waals surface area contributed by atoms with Crippen LogP contribution < -0.4 is 0 Å². The molecule has 2 saturated heterocycles. The van der Waals surface area contributed by atoms with Crippen LogP contribution >= 0.6 is 0 Å². The van der Waals surface area contributed by atoms with Gasteiger partial charge in [-0.25, -0.2) is 4.79 Å². The van der Waals surface area contributed by atoms with E-state index in [4.69, 9.17) is 19.4 Å². The molecule has 2 aliphatic rings. The molecule has 9 nitrogen and oxygen atoms in total. The normalized spacial score (nSPS) is 21.3. The van der Waals surface area contributed by atoms with Gasteiger partial charge in [0.2, 0.25) is 0 Å². The van der Waals surface area contributed by atoms with Crippen LogP contribution in [0.15, 0.2) is 18.2 Å². The Hall–Kier alpha value is -1.80. The highest BCUT2D eigenvalue weighted by atomic mass is 32.2. The molecule has 1 atom stereocenters. The minimum absolute atomic E-state index is 0.0743. The molecule has 1 aromatic heterocycles. The van der Waals surface area contributed by atoms with E-state index >= 15 is 0 Å². The molecule has 176 valence electrons. The van der Waals surface area contributed by atoms with Crippen LogP contribution in [0.2, 0.25) is 0 Å². The Labute approximate surface area is 178 Å². The second-order valence-electron chi connectivity index (χ2n) is 7.59. The first-order valence-corrected chi connectivity index (χ1v) is 10.8. The number of ether oxygens (including phenoxy) is 2. The van der Waals surface area contributed by atoms with Crippen LogP contribution in [0, 0.1) is 6.92 Å². The Kier molecular flexibility index (Phi) is 8.03. The zero-order valence-corrected chi connectivity index (χ0v) is 18.2. The number of carboxylic acids is 1. The topological polar surface area (TPSA) is 109 Å². The molecular weight excluding hydrogens is 443 g/mol. The van der Waals surface area contributed by atoms with Crippen LogP contribution in [0.4, 0.5) is 13.2 Å². The Morgan fingerprint density at radius 3 is 2.52 bits per heavy atom. The van der Waals surface area contributed by atoms with Crippen LogP contribution in [0.25, 0.3) is 0 Å². The molecule has 2 aliphatic heterocycles. The monoisotopic (exact) mass is 469 g/mol. The molecule has 1 N–H and O–H groups in total. The van der Waals surface area contributed by atoms with E-state index in [0.717, 1.165) is 24.2 Å². The van der Waals surface area contributed by atoms with Crippen molar-refractivity contribution >= 4 is 16.2 Å². The fourth-order valence-electron chi connectivity index (χ4n) is 3.22. The lowest BCUT2D eigenvalue weighted by Crippen LogP contribution is -2.68. The summed E-state index contributed by atoms with van der Waals surface area (Å²) >= 11 is 0. The summed E-state index contributed by atoms with van der Waals surface area (Å²) in [6.07, 6.45) is -3.46. The minimum Gasteiger partial charge on any atom is -0.475 e. The van der Waals surface area contributed by atoms with Crippen LogP contribution in [0.1, 0.15) is 24.2 Å². The number of alkyl halides is 3. The molecule has 1 aromatic rings. The minimum atomic E-state index is -5.08. The molecule has 1 spiro atoms. The van der Waals surface area contributed by atoms with Gasteiger partial charge in [-0.1, -0.05) is 6.07 Å². The lowest BCUT2D eigenvalue weighted by atomic mass is 9.86. The Balaban J connectivity index is 0.000000423. The van der Waals surface area contributed by atoms with Gasteiger partial charge in [0.25, 0.3) is 10.2 Å². The van der Waals surface area contributed by atoms with E-state index in [1.807, 2.05) is 25.1 Å². The SMILES string of the molecule is Cc1cccc(COC2CCOC3(C2)CN(S(=O)(=O)N(C)C)C3)n1.O=C(O)C(F)(F)F. The summed E-state index contributed by atoms with van der Waals surface area (Å²) in [5.41, 5.74) is 1.50. The van der Waals surface area contributed by atoms with Crippen molar-refractivity contribution in [3.63, 3.8) is 0 Å². The van der Waals surface area contributed by atoms with E-state index in [0.29, 0.717) is 26.3 Å². The Bertz CT molecular complexity index is 873. The average Bonchev–Trinajstić information content (AvgIpc) is 2.64. The zero-order chi connectivity index (χ0) is 23.4. The summed E-state index contributed by atoms with van der Waals surface area (Å²) in [6, 6.07) is 5.89. The molecule has 3 heterocycles. The van der Waals surface area contributed by atoms with Crippen molar-refractivity contribution in [2.24, 2.45) is 0 Å². The summed E-state index contributed by atoms with van der Waals surface area (Å²) in [4.78, 5) is 13.3.